The van der Waals surface area contributed by atoms with Crippen LogP contribution in [0.2, 0.25) is 0 Å². The molecule has 1 amide bonds. The van der Waals surface area contributed by atoms with Gasteiger partial charge in [0.15, 0.2) is 0 Å². The quantitative estimate of drug-likeness (QED) is 0.929. The molecule has 1 fully saturated rings. The Bertz CT molecular complexity index is 424. The van der Waals surface area contributed by atoms with Crippen molar-refractivity contribution < 1.29 is 4.79 Å². The Morgan fingerprint density at radius 1 is 1.40 bits per heavy atom. The van der Waals surface area contributed by atoms with Crippen LogP contribution in [0.25, 0.3) is 0 Å². The van der Waals surface area contributed by atoms with Crippen LogP contribution in [0, 0.1) is 5.92 Å². The molecule has 1 aromatic carbocycles. The summed E-state index contributed by atoms with van der Waals surface area (Å²) >= 11 is 0. The Morgan fingerprint density at radius 3 is 2.55 bits per heavy atom. The summed E-state index contributed by atoms with van der Waals surface area (Å²) in [4.78, 5) is 14.7. The van der Waals surface area contributed by atoms with E-state index in [2.05, 4.69) is 26.0 Å². The Kier molecular flexibility index (Phi) is 6.50. The molecule has 3 nitrogen and oxygen atoms in total. The largest absolute Gasteiger partial charge is 0.341 e. The maximum absolute atomic E-state index is 12.8. The first-order valence-corrected chi connectivity index (χ1v) is 7.22. The molecule has 112 valence electrons. The van der Waals surface area contributed by atoms with Crippen molar-refractivity contribution in [1.29, 1.82) is 0 Å². The predicted molar refractivity (Wildman–Crippen MR) is 85.1 cm³/mol. The van der Waals surface area contributed by atoms with Gasteiger partial charge in [-0.1, -0.05) is 50.6 Å². The van der Waals surface area contributed by atoms with Crippen LogP contribution in [0.1, 0.15) is 38.2 Å². The van der Waals surface area contributed by atoms with E-state index >= 15 is 0 Å². The van der Waals surface area contributed by atoms with Gasteiger partial charge in [-0.05, 0) is 17.9 Å². The second kappa shape index (κ2) is 7.65. The van der Waals surface area contributed by atoms with Gasteiger partial charge in [0.2, 0.25) is 5.91 Å². The number of halogens is 1. The third kappa shape index (κ3) is 3.74. The molecule has 3 atom stereocenters. The van der Waals surface area contributed by atoms with Gasteiger partial charge in [0.1, 0.15) is 0 Å². The Morgan fingerprint density at radius 2 is 2.05 bits per heavy atom. The van der Waals surface area contributed by atoms with Gasteiger partial charge in [-0.3, -0.25) is 4.79 Å². The van der Waals surface area contributed by atoms with Crippen molar-refractivity contribution in [3.8, 4) is 0 Å². The molecule has 0 spiro atoms. The third-order valence-electron chi connectivity index (χ3n) is 4.17. The summed E-state index contributed by atoms with van der Waals surface area (Å²) in [7, 11) is 0. The fraction of sp³-hybridized carbons (Fsp3) is 0.562. The molecule has 0 radical (unpaired) electrons. The lowest BCUT2D eigenvalue weighted by Crippen LogP contribution is -2.37. The van der Waals surface area contributed by atoms with E-state index in [9.17, 15) is 4.79 Å². The number of hydrogen-bond donors (Lipinski definition) is 1. The topological polar surface area (TPSA) is 46.3 Å². The summed E-state index contributed by atoms with van der Waals surface area (Å²) < 4.78 is 0. The number of likely N-dealkylation sites (tertiary alicyclic amines) is 1. The Labute approximate surface area is 127 Å². The van der Waals surface area contributed by atoms with Gasteiger partial charge < -0.3 is 10.6 Å². The smallest absolute Gasteiger partial charge is 0.230 e. The van der Waals surface area contributed by atoms with Gasteiger partial charge in [0, 0.05) is 19.1 Å². The maximum atomic E-state index is 12.8. The number of nitrogens with zero attached hydrogens (tertiary/aromatic N) is 1. The molecule has 1 aromatic rings. The summed E-state index contributed by atoms with van der Waals surface area (Å²) in [5.74, 6) is 0.566. The molecule has 2 N–H and O–H groups in total. The SMILES string of the molecule is CCC(C)C(C(=O)N1CCC(N)C1)c1ccccc1.Cl. The van der Waals surface area contributed by atoms with E-state index in [1.54, 1.807) is 0 Å². The molecule has 20 heavy (non-hydrogen) atoms. The van der Waals surface area contributed by atoms with Crippen molar-refractivity contribution in [2.45, 2.75) is 38.6 Å². The lowest BCUT2D eigenvalue weighted by molar-refractivity contribution is -0.133. The minimum atomic E-state index is -0.0310. The van der Waals surface area contributed by atoms with Crippen LogP contribution in [-0.2, 0) is 4.79 Å². The van der Waals surface area contributed by atoms with Gasteiger partial charge in [-0.15, -0.1) is 12.4 Å². The molecule has 0 saturated carbocycles. The van der Waals surface area contributed by atoms with Crippen molar-refractivity contribution >= 4 is 18.3 Å². The van der Waals surface area contributed by atoms with E-state index in [-0.39, 0.29) is 30.3 Å². The first kappa shape index (κ1) is 17.0. The number of amides is 1. The fourth-order valence-corrected chi connectivity index (χ4v) is 2.79. The van der Waals surface area contributed by atoms with E-state index in [1.807, 2.05) is 23.1 Å². The van der Waals surface area contributed by atoms with Crippen molar-refractivity contribution in [3.05, 3.63) is 35.9 Å². The van der Waals surface area contributed by atoms with Crippen LogP contribution in [0.5, 0.6) is 0 Å². The minimum Gasteiger partial charge on any atom is -0.341 e. The summed E-state index contributed by atoms with van der Waals surface area (Å²) in [6, 6.07) is 10.3. The molecule has 2 rings (SSSR count). The average Bonchev–Trinajstić information content (AvgIpc) is 2.86. The Balaban J connectivity index is 0.00000200. The monoisotopic (exact) mass is 296 g/mol. The lowest BCUT2D eigenvalue weighted by Gasteiger charge is -2.27. The van der Waals surface area contributed by atoms with Crippen molar-refractivity contribution in [1.82, 2.24) is 4.90 Å². The van der Waals surface area contributed by atoms with Crippen LogP contribution in [-0.4, -0.2) is 29.9 Å². The molecule has 1 saturated heterocycles. The highest BCUT2D eigenvalue weighted by atomic mass is 35.5. The van der Waals surface area contributed by atoms with Gasteiger partial charge in [-0.2, -0.15) is 0 Å². The second-order valence-corrected chi connectivity index (χ2v) is 5.61. The number of rotatable bonds is 4. The first-order chi connectivity index (χ1) is 9.13. The van der Waals surface area contributed by atoms with Crippen LogP contribution in [0.4, 0.5) is 0 Å². The maximum Gasteiger partial charge on any atom is 0.230 e. The second-order valence-electron chi connectivity index (χ2n) is 5.61. The molecule has 1 heterocycles. The first-order valence-electron chi connectivity index (χ1n) is 7.22. The molecule has 0 aromatic heterocycles. The van der Waals surface area contributed by atoms with Gasteiger partial charge in [0.25, 0.3) is 0 Å². The third-order valence-corrected chi connectivity index (χ3v) is 4.17. The molecular weight excluding hydrogens is 272 g/mol. The number of carbonyl (C=O) groups excluding carboxylic acids is 1. The minimum absolute atomic E-state index is 0. The normalized spacial score (nSPS) is 21.1. The molecule has 1 aliphatic heterocycles. The average molecular weight is 297 g/mol. The summed E-state index contributed by atoms with van der Waals surface area (Å²) in [6.45, 7) is 5.81. The molecular formula is C16H25ClN2O. The molecule has 4 heteroatoms. The number of benzene rings is 1. The van der Waals surface area contributed by atoms with E-state index in [1.165, 1.54) is 0 Å². The molecule has 0 bridgehead atoms. The van der Waals surface area contributed by atoms with E-state index < -0.39 is 0 Å². The van der Waals surface area contributed by atoms with E-state index in [0.717, 1.165) is 24.9 Å². The van der Waals surface area contributed by atoms with Crippen molar-refractivity contribution in [3.63, 3.8) is 0 Å². The zero-order chi connectivity index (χ0) is 13.8. The molecule has 1 aliphatic rings. The summed E-state index contributed by atoms with van der Waals surface area (Å²) in [5.41, 5.74) is 7.04. The zero-order valence-electron chi connectivity index (χ0n) is 12.3. The van der Waals surface area contributed by atoms with Crippen LogP contribution >= 0.6 is 12.4 Å². The van der Waals surface area contributed by atoms with E-state index in [0.29, 0.717) is 12.5 Å². The number of hydrogen-bond acceptors (Lipinski definition) is 2. The molecule has 3 unspecified atom stereocenters. The lowest BCUT2D eigenvalue weighted by atomic mass is 9.84. The highest BCUT2D eigenvalue weighted by molar-refractivity contribution is 5.85. The Hall–Kier alpha value is -1.06. The summed E-state index contributed by atoms with van der Waals surface area (Å²) in [5, 5.41) is 0. The van der Waals surface area contributed by atoms with Crippen LogP contribution in [0.3, 0.4) is 0 Å². The van der Waals surface area contributed by atoms with Crippen LogP contribution < -0.4 is 5.73 Å². The van der Waals surface area contributed by atoms with Crippen molar-refractivity contribution in [2.75, 3.05) is 13.1 Å². The van der Waals surface area contributed by atoms with Gasteiger partial charge in [-0.25, -0.2) is 0 Å². The van der Waals surface area contributed by atoms with E-state index in [4.69, 9.17) is 5.73 Å². The number of nitrogens with two attached hydrogens (primary N) is 1. The highest BCUT2D eigenvalue weighted by Gasteiger charge is 2.32. The van der Waals surface area contributed by atoms with Crippen molar-refractivity contribution in [2.24, 2.45) is 11.7 Å². The fourth-order valence-electron chi connectivity index (χ4n) is 2.79. The standard InChI is InChI=1S/C16H24N2O.ClH/c1-3-12(2)15(13-7-5-4-6-8-13)16(19)18-10-9-14(17)11-18;/h4-8,12,14-15H,3,9-11,17H2,1-2H3;1H. The molecule has 0 aliphatic carbocycles. The van der Waals surface area contributed by atoms with Gasteiger partial charge in [0.05, 0.1) is 5.92 Å². The zero-order valence-corrected chi connectivity index (χ0v) is 13.1. The highest BCUT2D eigenvalue weighted by Crippen LogP contribution is 2.30. The number of carbonyl (C=O) groups is 1. The summed E-state index contributed by atoms with van der Waals surface area (Å²) in [6.07, 6.45) is 1.93. The predicted octanol–water partition coefficient (Wildman–Crippen LogP) is 2.80. The van der Waals surface area contributed by atoms with Gasteiger partial charge >= 0.3 is 0 Å². The van der Waals surface area contributed by atoms with Crippen LogP contribution in [0.15, 0.2) is 30.3 Å².